The number of hydrogen-bond acceptors (Lipinski definition) is 4. The molecule has 2 N–H and O–H groups in total. The van der Waals surface area contributed by atoms with Crippen LogP contribution in [0.2, 0.25) is 0 Å². The fraction of sp³-hybridized carbons (Fsp3) is 0.533. The van der Waals surface area contributed by atoms with Gasteiger partial charge in [-0.25, -0.2) is 0 Å². The van der Waals surface area contributed by atoms with E-state index in [1.54, 1.807) is 23.1 Å². The molecule has 0 aromatic heterocycles. The van der Waals surface area contributed by atoms with Crippen molar-refractivity contribution in [1.82, 2.24) is 4.90 Å². The van der Waals surface area contributed by atoms with Gasteiger partial charge in [-0.2, -0.15) is 0 Å². The number of piperidine rings is 1. The summed E-state index contributed by atoms with van der Waals surface area (Å²) in [4.78, 5) is 24.9. The van der Waals surface area contributed by atoms with E-state index in [0.29, 0.717) is 24.6 Å². The Morgan fingerprint density at radius 2 is 2.19 bits per heavy atom. The molecule has 1 saturated heterocycles. The number of nitro benzene ring substituents is 1. The van der Waals surface area contributed by atoms with Gasteiger partial charge in [0.25, 0.3) is 5.69 Å². The summed E-state index contributed by atoms with van der Waals surface area (Å²) in [6, 6.07) is 6.43. The minimum Gasteiger partial charge on any atom is -0.338 e. The lowest BCUT2D eigenvalue weighted by Crippen LogP contribution is -2.51. The maximum absolute atomic E-state index is 12.5. The molecule has 0 radical (unpaired) electrons. The van der Waals surface area contributed by atoms with Crippen molar-refractivity contribution in [1.29, 1.82) is 0 Å². The van der Waals surface area contributed by atoms with Gasteiger partial charge in [0.15, 0.2) is 0 Å². The molecule has 0 bridgehead atoms. The molecule has 1 aromatic carbocycles. The lowest BCUT2D eigenvalue weighted by molar-refractivity contribution is -0.385. The van der Waals surface area contributed by atoms with Gasteiger partial charge in [-0.15, -0.1) is 0 Å². The number of carbonyl (C=O) groups is 1. The number of nitrogens with zero attached hydrogens (tertiary/aromatic N) is 2. The van der Waals surface area contributed by atoms with Crippen LogP contribution < -0.4 is 5.73 Å². The number of carbonyl (C=O) groups excluding carboxylic acids is 1. The summed E-state index contributed by atoms with van der Waals surface area (Å²) < 4.78 is 0. The van der Waals surface area contributed by atoms with Crippen molar-refractivity contribution < 1.29 is 9.72 Å². The highest BCUT2D eigenvalue weighted by atomic mass is 16.6. The van der Waals surface area contributed by atoms with Crippen LogP contribution in [-0.2, 0) is 11.2 Å². The zero-order valence-corrected chi connectivity index (χ0v) is 12.2. The molecule has 6 nitrogen and oxygen atoms in total. The zero-order chi connectivity index (χ0) is 15.4. The highest BCUT2D eigenvalue weighted by Gasteiger charge is 2.31. The monoisotopic (exact) mass is 291 g/mol. The molecule has 1 aliphatic rings. The molecule has 6 heteroatoms. The summed E-state index contributed by atoms with van der Waals surface area (Å²) in [5.74, 6) is 0.296. The fourth-order valence-electron chi connectivity index (χ4n) is 3.02. The topological polar surface area (TPSA) is 89.5 Å². The Balaban J connectivity index is 2.16. The first-order valence-corrected chi connectivity index (χ1v) is 7.26. The molecule has 2 unspecified atom stereocenters. The Hall–Kier alpha value is -1.95. The third-order valence-electron chi connectivity index (χ3n) is 4.21. The molecule has 1 aliphatic heterocycles. The molecule has 1 heterocycles. The molecule has 2 atom stereocenters. The first-order valence-electron chi connectivity index (χ1n) is 7.26. The van der Waals surface area contributed by atoms with Gasteiger partial charge in [0, 0.05) is 30.8 Å². The molecule has 0 spiro atoms. The molecule has 1 amide bonds. The van der Waals surface area contributed by atoms with Crippen molar-refractivity contribution >= 4 is 11.6 Å². The van der Waals surface area contributed by atoms with Crippen LogP contribution in [0, 0.1) is 16.0 Å². The standard InChI is InChI=1S/C15H21N3O3/c1-11-5-4-8-17(14(11)10-16)15(19)9-12-6-2-3-7-13(12)18(20)21/h2-3,6-7,11,14H,4-5,8-10,16H2,1H3. The Morgan fingerprint density at radius 1 is 1.48 bits per heavy atom. The second-order valence-corrected chi connectivity index (χ2v) is 5.57. The summed E-state index contributed by atoms with van der Waals surface area (Å²) in [6.45, 7) is 3.22. The lowest BCUT2D eigenvalue weighted by atomic mass is 9.90. The fourth-order valence-corrected chi connectivity index (χ4v) is 3.02. The van der Waals surface area contributed by atoms with Crippen molar-refractivity contribution in [3.8, 4) is 0 Å². The summed E-state index contributed by atoms with van der Waals surface area (Å²) >= 11 is 0. The second-order valence-electron chi connectivity index (χ2n) is 5.57. The molecule has 1 fully saturated rings. The molecule has 2 rings (SSSR count). The molecular weight excluding hydrogens is 270 g/mol. The van der Waals surface area contributed by atoms with Gasteiger partial charge in [-0.05, 0) is 18.8 Å². The Kier molecular flexibility index (Phi) is 4.90. The van der Waals surface area contributed by atoms with Crippen molar-refractivity contribution in [2.24, 2.45) is 11.7 Å². The van der Waals surface area contributed by atoms with Gasteiger partial charge in [0.2, 0.25) is 5.91 Å². The number of benzene rings is 1. The molecular formula is C15H21N3O3. The van der Waals surface area contributed by atoms with E-state index in [2.05, 4.69) is 6.92 Å². The Morgan fingerprint density at radius 3 is 2.86 bits per heavy atom. The number of hydrogen-bond donors (Lipinski definition) is 1. The molecule has 1 aromatic rings. The van der Waals surface area contributed by atoms with Gasteiger partial charge < -0.3 is 10.6 Å². The highest BCUT2D eigenvalue weighted by molar-refractivity contribution is 5.80. The van der Waals surface area contributed by atoms with Gasteiger partial charge in [-0.3, -0.25) is 14.9 Å². The molecule has 0 aliphatic carbocycles. The number of amides is 1. The quantitative estimate of drug-likeness (QED) is 0.675. The van der Waals surface area contributed by atoms with E-state index in [1.807, 2.05) is 0 Å². The van der Waals surface area contributed by atoms with E-state index < -0.39 is 4.92 Å². The SMILES string of the molecule is CC1CCCN(C(=O)Cc2ccccc2[N+](=O)[O-])C1CN. The van der Waals surface area contributed by atoms with Crippen LogP contribution in [0.25, 0.3) is 0 Å². The number of nitrogens with two attached hydrogens (primary N) is 1. The molecule has 0 saturated carbocycles. The van der Waals surface area contributed by atoms with Crippen LogP contribution in [0.1, 0.15) is 25.3 Å². The third-order valence-corrected chi connectivity index (χ3v) is 4.21. The van der Waals surface area contributed by atoms with E-state index in [-0.39, 0.29) is 24.1 Å². The van der Waals surface area contributed by atoms with Gasteiger partial charge in [-0.1, -0.05) is 25.1 Å². The third kappa shape index (κ3) is 3.39. The highest BCUT2D eigenvalue weighted by Crippen LogP contribution is 2.25. The van der Waals surface area contributed by atoms with Gasteiger partial charge in [0.1, 0.15) is 0 Å². The minimum absolute atomic E-state index is 0.000191. The van der Waals surface area contributed by atoms with E-state index in [4.69, 9.17) is 5.73 Å². The zero-order valence-electron chi connectivity index (χ0n) is 12.2. The average Bonchev–Trinajstić information content (AvgIpc) is 2.47. The summed E-state index contributed by atoms with van der Waals surface area (Å²) in [6.07, 6.45) is 2.08. The lowest BCUT2D eigenvalue weighted by Gasteiger charge is -2.39. The summed E-state index contributed by atoms with van der Waals surface area (Å²) in [7, 11) is 0. The smallest absolute Gasteiger partial charge is 0.273 e. The second kappa shape index (κ2) is 6.67. The largest absolute Gasteiger partial charge is 0.338 e. The van der Waals surface area contributed by atoms with E-state index in [9.17, 15) is 14.9 Å². The number of para-hydroxylation sites is 1. The van der Waals surface area contributed by atoms with Crippen LogP contribution in [0.4, 0.5) is 5.69 Å². The predicted molar refractivity (Wildman–Crippen MR) is 79.8 cm³/mol. The first-order chi connectivity index (χ1) is 10.0. The Bertz CT molecular complexity index is 533. The summed E-state index contributed by atoms with van der Waals surface area (Å²) in [5.41, 5.74) is 6.25. The maximum Gasteiger partial charge on any atom is 0.273 e. The summed E-state index contributed by atoms with van der Waals surface area (Å²) in [5, 5.41) is 11.0. The average molecular weight is 291 g/mol. The van der Waals surface area contributed by atoms with Crippen LogP contribution in [0.3, 0.4) is 0 Å². The van der Waals surface area contributed by atoms with Crippen LogP contribution in [0.5, 0.6) is 0 Å². The number of likely N-dealkylation sites (tertiary alicyclic amines) is 1. The predicted octanol–water partition coefficient (Wildman–Crippen LogP) is 1.72. The van der Waals surface area contributed by atoms with Crippen molar-refractivity contribution in [3.05, 3.63) is 39.9 Å². The van der Waals surface area contributed by atoms with Crippen molar-refractivity contribution in [2.75, 3.05) is 13.1 Å². The van der Waals surface area contributed by atoms with Crippen LogP contribution >= 0.6 is 0 Å². The molecule has 114 valence electrons. The van der Waals surface area contributed by atoms with Crippen LogP contribution in [0.15, 0.2) is 24.3 Å². The van der Waals surface area contributed by atoms with Gasteiger partial charge >= 0.3 is 0 Å². The van der Waals surface area contributed by atoms with E-state index in [0.717, 1.165) is 12.8 Å². The number of rotatable bonds is 4. The normalized spacial score (nSPS) is 22.1. The Labute approximate surface area is 124 Å². The van der Waals surface area contributed by atoms with Crippen LogP contribution in [-0.4, -0.2) is 34.9 Å². The van der Waals surface area contributed by atoms with Gasteiger partial charge in [0.05, 0.1) is 11.3 Å². The number of nitro groups is 1. The van der Waals surface area contributed by atoms with E-state index >= 15 is 0 Å². The molecule has 21 heavy (non-hydrogen) atoms. The minimum atomic E-state index is -0.443. The first kappa shape index (κ1) is 15.4. The van der Waals surface area contributed by atoms with Crippen molar-refractivity contribution in [2.45, 2.75) is 32.2 Å². The van der Waals surface area contributed by atoms with E-state index in [1.165, 1.54) is 6.07 Å². The van der Waals surface area contributed by atoms with Crippen molar-refractivity contribution in [3.63, 3.8) is 0 Å². The maximum atomic E-state index is 12.5.